The quantitative estimate of drug-likeness (QED) is 0.914. The number of likely N-dealkylation sites (tertiary alicyclic amines) is 1. The molecule has 1 unspecified atom stereocenters. The average Bonchev–Trinajstić information content (AvgIpc) is 3.23. The van der Waals surface area contributed by atoms with E-state index in [0.717, 1.165) is 48.6 Å². The Morgan fingerprint density at radius 1 is 1.42 bits per heavy atom. The zero-order chi connectivity index (χ0) is 17.3. The first-order valence-electron chi connectivity index (χ1n) is 8.93. The highest BCUT2D eigenvalue weighted by molar-refractivity contribution is 5.80. The van der Waals surface area contributed by atoms with Gasteiger partial charge >= 0.3 is 0 Å². The highest BCUT2D eigenvalue weighted by Crippen LogP contribution is 2.31. The largest absolute Gasteiger partial charge is 0.363 e. The lowest BCUT2D eigenvalue weighted by atomic mass is 10.1. The SMILES string of the molecule is Cc1nn(CC(C)C)c(C)c1CC(=O)N1CCCC1c1ccc[nH]1. The van der Waals surface area contributed by atoms with Gasteiger partial charge in [0, 0.05) is 36.2 Å². The van der Waals surface area contributed by atoms with Crippen LogP contribution in [-0.2, 0) is 17.8 Å². The van der Waals surface area contributed by atoms with Gasteiger partial charge in [-0.25, -0.2) is 0 Å². The van der Waals surface area contributed by atoms with E-state index >= 15 is 0 Å². The van der Waals surface area contributed by atoms with Crippen LogP contribution in [0.15, 0.2) is 18.3 Å². The number of nitrogens with zero attached hydrogens (tertiary/aromatic N) is 3. The fourth-order valence-corrected chi connectivity index (χ4v) is 3.71. The molecule has 2 aromatic heterocycles. The lowest BCUT2D eigenvalue weighted by Gasteiger charge is -2.24. The maximum absolute atomic E-state index is 12.9. The van der Waals surface area contributed by atoms with Gasteiger partial charge in [-0.05, 0) is 44.7 Å². The highest BCUT2D eigenvalue weighted by atomic mass is 16.2. The molecule has 0 saturated carbocycles. The molecule has 1 N–H and O–H groups in total. The van der Waals surface area contributed by atoms with Crippen LogP contribution < -0.4 is 0 Å². The van der Waals surface area contributed by atoms with E-state index in [1.54, 1.807) is 0 Å². The standard InChI is InChI=1S/C19H28N4O/c1-13(2)12-23-15(4)16(14(3)21-23)11-19(24)22-10-6-8-18(22)17-7-5-9-20-17/h5,7,9,13,18,20H,6,8,10-12H2,1-4H3. The molecule has 3 heterocycles. The summed E-state index contributed by atoms with van der Waals surface area (Å²) in [6.07, 6.45) is 4.49. The Bertz CT molecular complexity index is 699. The Hall–Kier alpha value is -2.04. The third-order valence-corrected chi connectivity index (χ3v) is 4.95. The molecule has 0 bridgehead atoms. The number of aryl methyl sites for hydroxylation is 1. The fourth-order valence-electron chi connectivity index (χ4n) is 3.71. The summed E-state index contributed by atoms with van der Waals surface area (Å²) in [7, 11) is 0. The summed E-state index contributed by atoms with van der Waals surface area (Å²) >= 11 is 0. The second-order valence-corrected chi connectivity index (χ2v) is 7.27. The van der Waals surface area contributed by atoms with E-state index < -0.39 is 0 Å². The number of carbonyl (C=O) groups excluding carboxylic acids is 1. The molecule has 1 amide bonds. The normalized spacial score (nSPS) is 17.9. The van der Waals surface area contributed by atoms with Crippen molar-refractivity contribution in [2.24, 2.45) is 5.92 Å². The van der Waals surface area contributed by atoms with E-state index in [-0.39, 0.29) is 11.9 Å². The summed E-state index contributed by atoms with van der Waals surface area (Å²) in [5, 5.41) is 4.64. The molecule has 0 radical (unpaired) electrons. The number of nitrogens with one attached hydrogen (secondary N) is 1. The van der Waals surface area contributed by atoms with Gasteiger partial charge in [-0.1, -0.05) is 13.8 Å². The Morgan fingerprint density at radius 3 is 2.88 bits per heavy atom. The first-order valence-corrected chi connectivity index (χ1v) is 8.93. The third kappa shape index (κ3) is 3.25. The summed E-state index contributed by atoms with van der Waals surface area (Å²) in [4.78, 5) is 18.2. The lowest BCUT2D eigenvalue weighted by molar-refractivity contribution is -0.131. The second-order valence-electron chi connectivity index (χ2n) is 7.27. The number of hydrogen-bond donors (Lipinski definition) is 1. The fraction of sp³-hybridized carbons (Fsp3) is 0.579. The van der Waals surface area contributed by atoms with Crippen molar-refractivity contribution in [3.63, 3.8) is 0 Å². The lowest BCUT2D eigenvalue weighted by Crippen LogP contribution is -2.32. The van der Waals surface area contributed by atoms with Gasteiger partial charge in [-0.3, -0.25) is 9.48 Å². The molecule has 24 heavy (non-hydrogen) atoms. The van der Waals surface area contributed by atoms with E-state index in [9.17, 15) is 4.79 Å². The topological polar surface area (TPSA) is 53.9 Å². The van der Waals surface area contributed by atoms with Gasteiger partial charge < -0.3 is 9.88 Å². The first-order chi connectivity index (χ1) is 11.5. The minimum absolute atomic E-state index is 0.193. The molecule has 5 nitrogen and oxygen atoms in total. The van der Waals surface area contributed by atoms with Gasteiger partial charge in [0.05, 0.1) is 18.2 Å². The molecular formula is C19H28N4O. The van der Waals surface area contributed by atoms with Gasteiger partial charge in [0.2, 0.25) is 5.91 Å². The van der Waals surface area contributed by atoms with Crippen molar-refractivity contribution in [2.45, 2.75) is 59.5 Å². The van der Waals surface area contributed by atoms with Crippen molar-refractivity contribution < 1.29 is 4.79 Å². The number of aromatic amines is 1. The number of hydrogen-bond acceptors (Lipinski definition) is 2. The number of H-pyrrole nitrogens is 1. The average molecular weight is 328 g/mol. The molecule has 2 aromatic rings. The highest BCUT2D eigenvalue weighted by Gasteiger charge is 2.31. The van der Waals surface area contributed by atoms with Crippen molar-refractivity contribution in [3.05, 3.63) is 41.0 Å². The zero-order valence-electron chi connectivity index (χ0n) is 15.2. The minimum atomic E-state index is 0.193. The van der Waals surface area contributed by atoms with Gasteiger partial charge in [0.1, 0.15) is 0 Å². The van der Waals surface area contributed by atoms with Crippen molar-refractivity contribution >= 4 is 5.91 Å². The van der Waals surface area contributed by atoms with Gasteiger partial charge in [-0.2, -0.15) is 5.10 Å². The Balaban J connectivity index is 1.76. The molecule has 0 aliphatic carbocycles. The Morgan fingerprint density at radius 2 is 2.21 bits per heavy atom. The second kappa shape index (κ2) is 6.83. The molecule has 0 spiro atoms. The van der Waals surface area contributed by atoms with Crippen LogP contribution in [0, 0.1) is 19.8 Å². The van der Waals surface area contributed by atoms with E-state index in [2.05, 4.69) is 41.6 Å². The van der Waals surface area contributed by atoms with E-state index in [0.29, 0.717) is 12.3 Å². The van der Waals surface area contributed by atoms with Crippen LogP contribution in [-0.4, -0.2) is 32.1 Å². The predicted molar refractivity (Wildman–Crippen MR) is 94.7 cm³/mol. The van der Waals surface area contributed by atoms with E-state index in [1.807, 2.05) is 24.1 Å². The predicted octanol–water partition coefficient (Wildman–Crippen LogP) is 3.39. The molecular weight excluding hydrogens is 300 g/mol. The summed E-state index contributed by atoms with van der Waals surface area (Å²) in [5.41, 5.74) is 4.35. The monoisotopic (exact) mass is 328 g/mol. The number of rotatable bonds is 5. The Labute approximate surface area is 144 Å². The van der Waals surface area contributed by atoms with Crippen molar-refractivity contribution in [3.8, 4) is 0 Å². The van der Waals surface area contributed by atoms with Crippen LogP contribution in [0.4, 0.5) is 0 Å². The molecule has 5 heteroatoms. The molecule has 1 aliphatic heterocycles. The smallest absolute Gasteiger partial charge is 0.227 e. The molecule has 1 atom stereocenters. The number of amides is 1. The van der Waals surface area contributed by atoms with Crippen molar-refractivity contribution in [1.29, 1.82) is 0 Å². The van der Waals surface area contributed by atoms with E-state index in [1.165, 1.54) is 0 Å². The summed E-state index contributed by atoms with van der Waals surface area (Å²) in [6, 6.07) is 4.27. The van der Waals surface area contributed by atoms with Crippen molar-refractivity contribution in [1.82, 2.24) is 19.7 Å². The summed E-state index contributed by atoms with van der Waals surface area (Å²) in [6.45, 7) is 10.2. The molecule has 0 aromatic carbocycles. The number of aromatic nitrogens is 3. The summed E-state index contributed by atoms with van der Waals surface area (Å²) in [5.74, 6) is 0.754. The molecule has 1 aliphatic rings. The first kappa shape index (κ1) is 16.8. The van der Waals surface area contributed by atoms with Crippen LogP contribution >= 0.6 is 0 Å². The van der Waals surface area contributed by atoms with Gasteiger partial charge in [0.15, 0.2) is 0 Å². The maximum Gasteiger partial charge on any atom is 0.227 e. The van der Waals surface area contributed by atoms with Crippen LogP contribution in [0.25, 0.3) is 0 Å². The van der Waals surface area contributed by atoms with E-state index in [4.69, 9.17) is 0 Å². The van der Waals surface area contributed by atoms with Crippen LogP contribution in [0.5, 0.6) is 0 Å². The molecule has 3 rings (SSSR count). The minimum Gasteiger partial charge on any atom is -0.363 e. The molecule has 1 fully saturated rings. The summed E-state index contributed by atoms with van der Waals surface area (Å²) < 4.78 is 2.05. The van der Waals surface area contributed by atoms with Crippen LogP contribution in [0.1, 0.15) is 55.4 Å². The molecule has 130 valence electrons. The molecule has 1 saturated heterocycles. The Kier molecular flexibility index (Phi) is 4.78. The maximum atomic E-state index is 12.9. The van der Waals surface area contributed by atoms with Gasteiger partial charge in [0.25, 0.3) is 0 Å². The number of carbonyl (C=O) groups is 1. The van der Waals surface area contributed by atoms with Gasteiger partial charge in [-0.15, -0.1) is 0 Å². The van der Waals surface area contributed by atoms with Crippen LogP contribution in [0.2, 0.25) is 0 Å². The zero-order valence-corrected chi connectivity index (χ0v) is 15.2. The van der Waals surface area contributed by atoms with Crippen molar-refractivity contribution in [2.75, 3.05) is 6.54 Å². The third-order valence-electron chi connectivity index (χ3n) is 4.95. The van der Waals surface area contributed by atoms with Crippen LogP contribution in [0.3, 0.4) is 0 Å².